The molecule has 0 atom stereocenters. The van der Waals surface area contributed by atoms with Crippen LogP contribution in [-0.4, -0.2) is 22.6 Å². The van der Waals surface area contributed by atoms with E-state index in [1.807, 2.05) is 11.8 Å². The number of thioether (sulfide) groups is 1. The summed E-state index contributed by atoms with van der Waals surface area (Å²) in [6, 6.07) is 19.7. The number of benzene rings is 2. The Morgan fingerprint density at radius 3 is 2.38 bits per heavy atom. The Kier molecular flexibility index (Phi) is 5.66. The largest absolute Gasteiger partial charge is 0.347 e. The summed E-state index contributed by atoms with van der Waals surface area (Å²) in [5, 5.41) is 1.44. The van der Waals surface area contributed by atoms with E-state index < -0.39 is 0 Å². The summed E-state index contributed by atoms with van der Waals surface area (Å²) in [6.45, 7) is 3.60. The van der Waals surface area contributed by atoms with Gasteiger partial charge in [-0.3, -0.25) is 4.90 Å². The van der Waals surface area contributed by atoms with Crippen molar-refractivity contribution in [2.24, 2.45) is 7.05 Å². The van der Waals surface area contributed by atoms with Crippen molar-refractivity contribution < 1.29 is 0 Å². The zero-order chi connectivity index (χ0) is 17.8. The summed E-state index contributed by atoms with van der Waals surface area (Å²) in [7, 11) is 2.24. The van der Waals surface area contributed by atoms with Gasteiger partial charge in [-0.2, -0.15) is 11.8 Å². The van der Waals surface area contributed by atoms with E-state index in [2.05, 4.69) is 71.1 Å². The fourth-order valence-corrected chi connectivity index (χ4v) is 5.16. The molecule has 26 heavy (non-hydrogen) atoms. The fraction of sp³-hybridized carbons (Fsp3) is 0.391. The highest BCUT2D eigenvalue weighted by Gasteiger charge is 2.18. The highest BCUT2D eigenvalue weighted by atomic mass is 32.2. The van der Waals surface area contributed by atoms with Crippen molar-refractivity contribution in [2.45, 2.75) is 37.3 Å². The van der Waals surface area contributed by atoms with Crippen molar-refractivity contribution in [3.63, 3.8) is 0 Å². The lowest BCUT2D eigenvalue weighted by molar-refractivity contribution is 0.221. The lowest BCUT2D eigenvalue weighted by Gasteiger charge is -2.26. The van der Waals surface area contributed by atoms with Gasteiger partial charge in [-0.25, -0.2) is 0 Å². The molecule has 4 rings (SSSR count). The minimum atomic E-state index is 1.07. The second-order valence-corrected chi connectivity index (χ2v) is 8.30. The first kappa shape index (κ1) is 17.7. The van der Waals surface area contributed by atoms with Crippen LogP contribution in [0.3, 0.4) is 0 Å². The molecule has 3 aromatic rings. The van der Waals surface area contributed by atoms with Gasteiger partial charge >= 0.3 is 0 Å². The Morgan fingerprint density at radius 1 is 0.846 bits per heavy atom. The molecule has 2 heterocycles. The Hall–Kier alpha value is -1.71. The zero-order valence-electron chi connectivity index (χ0n) is 15.7. The van der Waals surface area contributed by atoms with E-state index in [-0.39, 0.29) is 0 Å². The van der Waals surface area contributed by atoms with Gasteiger partial charge in [0.05, 0.1) is 0 Å². The lowest BCUT2D eigenvalue weighted by atomic mass is 10.1. The van der Waals surface area contributed by atoms with Gasteiger partial charge < -0.3 is 4.57 Å². The number of piperidine rings is 1. The average Bonchev–Trinajstić information content (AvgIpc) is 2.96. The number of hydrogen-bond donors (Lipinski definition) is 0. The number of fused-ring (bicyclic) bond motifs is 1. The van der Waals surface area contributed by atoms with Crippen LogP contribution in [0.2, 0.25) is 0 Å². The maximum Gasteiger partial charge on any atom is 0.0483 e. The second-order valence-electron chi connectivity index (χ2n) is 7.32. The van der Waals surface area contributed by atoms with E-state index in [9.17, 15) is 0 Å². The second kappa shape index (κ2) is 8.32. The van der Waals surface area contributed by atoms with Crippen LogP contribution in [0.5, 0.6) is 0 Å². The summed E-state index contributed by atoms with van der Waals surface area (Å²) in [5.41, 5.74) is 5.83. The molecular formula is C23H28N2S. The number of rotatable bonds is 6. The molecule has 136 valence electrons. The molecule has 1 aromatic heterocycles. The highest BCUT2D eigenvalue weighted by Crippen LogP contribution is 2.31. The molecule has 0 aliphatic carbocycles. The maximum absolute atomic E-state index is 2.65. The molecule has 0 N–H and O–H groups in total. The van der Waals surface area contributed by atoms with Crippen LogP contribution in [0.25, 0.3) is 10.9 Å². The molecule has 0 amide bonds. The molecule has 1 saturated heterocycles. The van der Waals surface area contributed by atoms with E-state index in [0.717, 1.165) is 18.1 Å². The van der Waals surface area contributed by atoms with Gasteiger partial charge in [-0.05, 0) is 43.1 Å². The number of aryl methyl sites for hydroxylation is 1. The van der Waals surface area contributed by atoms with Gasteiger partial charge in [-0.15, -0.1) is 0 Å². The summed E-state index contributed by atoms with van der Waals surface area (Å²) < 4.78 is 2.42. The van der Waals surface area contributed by atoms with Gasteiger partial charge in [0.1, 0.15) is 0 Å². The fourth-order valence-electron chi connectivity index (χ4n) is 4.07. The smallest absolute Gasteiger partial charge is 0.0483 e. The van der Waals surface area contributed by atoms with Gasteiger partial charge in [0.2, 0.25) is 0 Å². The van der Waals surface area contributed by atoms with Gasteiger partial charge in [0.25, 0.3) is 0 Å². The molecule has 0 radical (unpaired) electrons. The topological polar surface area (TPSA) is 8.17 Å². The van der Waals surface area contributed by atoms with Crippen LogP contribution < -0.4 is 0 Å². The molecule has 1 fully saturated rings. The zero-order valence-corrected chi connectivity index (χ0v) is 16.5. The molecule has 2 nitrogen and oxygen atoms in total. The standard InChI is InChI=1S/C23H28N2S/c1-24-22-13-7-6-12-20(22)21(16-25-14-8-3-9-15-25)23(24)18-26-17-19-10-4-2-5-11-19/h2,4-7,10-13H,3,8-9,14-18H2,1H3. The normalized spacial score (nSPS) is 15.6. The van der Waals surface area contributed by atoms with Crippen molar-refractivity contribution in [1.82, 2.24) is 9.47 Å². The minimum absolute atomic E-state index is 1.07. The van der Waals surface area contributed by atoms with Crippen LogP contribution in [0.4, 0.5) is 0 Å². The van der Waals surface area contributed by atoms with Crippen LogP contribution in [0.15, 0.2) is 54.6 Å². The Morgan fingerprint density at radius 2 is 1.58 bits per heavy atom. The van der Waals surface area contributed by atoms with E-state index in [4.69, 9.17) is 0 Å². The molecule has 1 aliphatic heterocycles. The number of para-hydroxylation sites is 1. The number of nitrogens with zero attached hydrogens (tertiary/aromatic N) is 2. The summed E-state index contributed by atoms with van der Waals surface area (Å²) >= 11 is 2.03. The first-order chi connectivity index (χ1) is 12.8. The molecule has 0 unspecified atom stereocenters. The van der Waals surface area contributed by atoms with E-state index >= 15 is 0 Å². The molecule has 0 saturated carbocycles. The van der Waals surface area contributed by atoms with Crippen molar-refractivity contribution >= 4 is 22.7 Å². The summed E-state index contributed by atoms with van der Waals surface area (Å²) in [6.07, 6.45) is 4.09. The van der Waals surface area contributed by atoms with Crippen LogP contribution in [0.1, 0.15) is 36.1 Å². The molecule has 3 heteroatoms. The van der Waals surface area contributed by atoms with E-state index in [0.29, 0.717) is 0 Å². The maximum atomic E-state index is 2.65. The van der Waals surface area contributed by atoms with E-state index in [1.165, 1.54) is 54.5 Å². The molecule has 0 spiro atoms. The molecular weight excluding hydrogens is 336 g/mol. The number of likely N-dealkylation sites (tertiary alicyclic amines) is 1. The van der Waals surface area contributed by atoms with Gasteiger partial charge in [-0.1, -0.05) is 55.0 Å². The van der Waals surface area contributed by atoms with Crippen molar-refractivity contribution in [3.05, 3.63) is 71.4 Å². The van der Waals surface area contributed by atoms with Gasteiger partial charge in [0, 0.05) is 41.7 Å². The van der Waals surface area contributed by atoms with Gasteiger partial charge in [0.15, 0.2) is 0 Å². The third-order valence-electron chi connectivity index (χ3n) is 5.52. The quantitative estimate of drug-likeness (QED) is 0.563. The predicted octanol–water partition coefficient (Wildman–Crippen LogP) is 5.60. The first-order valence-corrected chi connectivity index (χ1v) is 10.9. The predicted molar refractivity (Wildman–Crippen MR) is 113 cm³/mol. The van der Waals surface area contributed by atoms with Crippen LogP contribution in [0, 0.1) is 0 Å². The molecule has 1 aliphatic rings. The third-order valence-corrected chi connectivity index (χ3v) is 6.54. The van der Waals surface area contributed by atoms with Crippen molar-refractivity contribution in [2.75, 3.05) is 13.1 Å². The Labute approximate surface area is 161 Å². The number of aromatic nitrogens is 1. The third kappa shape index (κ3) is 3.84. The van der Waals surface area contributed by atoms with Crippen LogP contribution in [-0.2, 0) is 25.1 Å². The molecule has 2 aromatic carbocycles. The Bertz CT molecular complexity index is 847. The lowest BCUT2D eigenvalue weighted by Crippen LogP contribution is -2.29. The van der Waals surface area contributed by atoms with Crippen molar-refractivity contribution in [1.29, 1.82) is 0 Å². The monoisotopic (exact) mass is 364 g/mol. The summed E-state index contributed by atoms with van der Waals surface area (Å²) in [4.78, 5) is 2.65. The summed E-state index contributed by atoms with van der Waals surface area (Å²) in [5.74, 6) is 2.15. The highest BCUT2D eigenvalue weighted by molar-refractivity contribution is 7.97. The number of hydrogen-bond acceptors (Lipinski definition) is 2. The van der Waals surface area contributed by atoms with E-state index in [1.54, 1.807) is 5.56 Å². The molecule has 0 bridgehead atoms. The minimum Gasteiger partial charge on any atom is -0.347 e. The SMILES string of the molecule is Cn1c(CSCc2ccccc2)c(CN2CCCCC2)c2ccccc21. The van der Waals surface area contributed by atoms with Crippen LogP contribution >= 0.6 is 11.8 Å². The van der Waals surface area contributed by atoms with Crippen molar-refractivity contribution in [3.8, 4) is 0 Å². The first-order valence-electron chi connectivity index (χ1n) is 9.72. The average molecular weight is 365 g/mol. The Balaban J connectivity index is 1.57.